The van der Waals surface area contributed by atoms with Gasteiger partial charge in [-0.3, -0.25) is 0 Å². The molecule has 0 aliphatic rings. The average molecular weight is 520 g/mol. The molecule has 0 saturated carbocycles. The van der Waals surface area contributed by atoms with Crippen LogP contribution in [0, 0.1) is 0 Å². The molecule has 186 valence electrons. The predicted molar refractivity (Wildman–Crippen MR) is 130 cm³/mol. The molecule has 4 N–H and O–H groups in total. The van der Waals surface area contributed by atoms with Crippen LogP contribution in [0.4, 0.5) is 0 Å². The number of benzene rings is 3. The number of rotatable bonds is 12. The highest BCUT2D eigenvalue weighted by Crippen LogP contribution is 2.24. The van der Waals surface area contributed by atoms with Crippen LogP contribution in [0.5, 0.6) is 5.75 Å². The number of sulfone groups is 1. The van der Waals surface area contributed by atoms with Crippen molar-refractivity contribution in [3.63, 3.8) is 0 Å². The maximum Gasteiger partial charge on any atom is 0.341 e. The summed E-state index contributed by atoms with van der Waals surface area (Å²) in [6.45, 7) is -0.473. The summed E-state index contributed by atoms with van der Waals surface area (Å²) in [4.78, 5) is 10.7. The molecule has 0 aliphatic heterocycles. The summed E-state index contributed by atoms with van der Waals surface area (Å²) >= 11 is 5.96. The second-order valence-electron chi connectivity index (χ2n) is 7.86. The number of nitrogens with one attached hydrogen (secondary N) is 1. The van der Waals surface area contributed by atoms with Crippen LogP contribution in [-0.4, -0.2) is 55.5 Å². The van der Waals surface area contributed by atoms with E-state index in [1.54, 1.807) is 36.4 Å². The van der Waals surface area contributed by atoms with Crippen molar-refractivity contribution in [3.8, 4) is 5.75 Å². The largest absolute Gasteiger partial charge is 0.482 e. The maximum atomic E-state index is 12.9. The van der Waals surface area contributed by atoms with Crippen LogP contribution in [0.1, 0.15) is 17.2 Å². The standard InChI is InChI=1S/C25H26ClNO7S/c26-19-3-1-2-18(13-19)24(29)14-27-20(15-28)12-17-4-8-22(9-5-17)35(32,33)23-10-6-21(7-11-23)34-16-25(30)31/h1-11,13,20,24,27-29H,12,14-16H2,(H,30,31)/t20-,24-/m0/s1. The van der Waals surface area contributed by atoms with Crippen LogP contribution < -0.4 is 10.1 Å². The molecular weight excluding hydrogens is 494 g/mol. The Balaban J connectivity index is 1.61. The van der Waals surface area contributed by atoms with Gasteiger partial charge in [0.15, 0.2) is 6.61 Å². The molecule has 3 aromatic rings. The first-order valence-corrected chi connectivity index (χ1v) is 12.6. The third kappa shape index (κ3) is 7.51. The molecule has 0 amide bonds. The SMILES string of the molecule is O=C(O)COc1ccc(S(=O)(=O)c2ccc(C[C@@H](CO)NC[C@H](O)c3cccc(Cl)c3)cc2)cc1. The normalized spacial score (nSPS) is 13.2. The molecular formula is C25H26ClNO7S. The second-order valence-corrected chi connectivity index (χ2v) is 10.2. The van der Waals surface area contributed by atoms with E-state index in [1.165, 1.54) is 36.4 Å². The van der Waals surface area contributed by atoms with Gasteiger partial charge in [0.25, 0.3) is 0 Å². The van der Waals surface area contributed by atoms with Crippen LogP contribution in [0.2, 0.25) is 5.02 Å². The highest BCUT2D eigenvalue weighted by molar-refractivity contribution is 7.91. The summed E-state index contributed by atoms with van der Waals surface area (Å²) in [6.07, 6.45) is -0.370. The number of hydrogen-bond acceptors (Lipinski definition) is 7. The topological polar surface area (TPSA) is 133 Å². The molecule has 0 unspecified atom stereocenters. The lowest BCUT2D eigenvalue weighted by Gasteiger charge is -2.19. The smallest absolute Gasteiger partial charge is 0.341 e. The van der Waals surface area contributed by atoms with E-state index >= 15 is 0 Å². The first-order valence-electron chi connectivity index (χ1n) is 10.8. The fourth-order valence-electron chi connectivity index (χ4n) is 3.40. The highest BCUT2D eigenvalue weighted by atomic mass is 35.5. The Morgan fingerprint density at radius 3 is 2.20 bits per heavy atom. The molecule has 0 bridgehead atoms. The number of carboxylic acids is 1. The number of hydrogen-bond donors (Lipinski definition) is 4. The number of carboxylic acid groups (broad SMARTS) is 1. The molecule has 2 atom stereocenters. The van der Waals surface area contributed by atoms with E-state index in [1.807, 2.05) is 0 Å². The summed E-state index contributed by atoms with van der Waals surface area (Å²) in [5.41, 5.74) is 1.47. The van der Waals surface area contributed by atoms with Crippen molar-refractivity contribution >= 4 is 27.4 Å². The third-order valence-corrected chi connectivity index (χ3v) is 7.29. The number of ether oxygens (including phenoxy) is 1. The molecule has 3 rings (SSSR count). The zero-order valence-electron chi connectivity index (χ0n) is 18.7. The Morgan fingerprint density at radius 2 is 1.63 bits per heavy atom. The van der Waals surface area contributed by atoms with Gasteiger partial charge in [-0.25, -0.2) is 13.2 Å². The van der Waals surface area contributed by atoms with Crippen molar-refractivity contribution in [1.82, 2.24) is 5.32 Å². The Morgan fingerprint density at radius 1 is 1.00 bits per heavy atom. The number of halogens is 1. The first-order chi connectivity index (χ1) is 16.7. The van der Waals surface area contributed by atoms with E-state index in [0.29, 0.717) is 17.0 Å². The number of aliphatic hydroxyl groups excluding tert-OH is 2. The summed E-state index contributed by atoms with van der Waals surface area (Å²) in [7, 11) is -3.77. The summed E-state index contributed by atoms with van der Waals surface area (Å²) in [5.74, 6) is -0.873. The summed E-state index contributed by atoms with van der Waals surface area (Å²) < 4.78 is 30.9. The molecule has 0 saturated heterocycles. The van der Waals surface area contributed by atoms with E-state index in [4.69, 9.17) is 21.4 Å². The lowest BCUT2D eigenvalue weighted by atomic mass is 10.1. The van der Waals surface area contributed by atoms with Gasteiger partial charge in [0.2, 0.25) is 9.84 Å². The van der Waals surface area contributed by atoms with Crippen molar-refractivity contribution in [1.29, 1.82) is 0 Å². The van der Waals surface area contributed by atoms with Crippen LogP contribution >= 0.6 is 11.6 Å². The number of aliphatic hydroxyl groups is 2. The van der Waals surface area contributed by atoms with Gasteiger partial charge < -0.3 is 25.4 Å². The van der Waals surface area contributed by atoms with Crippen molar-refractivity contribution in [2.45, 2.75) is 28.4 Å². The molecule has 0 aliphatic carbocycles. The Kier molecular flexibility index (Phi) is 9.25. The van der Waals surface area contributed by atoms with E-state index in [0.717, 1.165) is 5.56 Å². The van der Waals surface area contributed by atoms with Crippen LogP contribution in [-0.2, 0) is 21.1 Å². The van der Waals surface area contributed by atoms with E-state index < -0.39 is 28.5 Å². The lowest BCUT2D eigenvalue weighted by molar-refractivity contribution is -0.139. The number of aliphatic carboxylic acids is 1. The molecule has 35 heavy (non-hydrogen) atoms. The van der Waals surface area contributed by atoms with Gasteiger partial charge in [-0.2, -0.15) is 0 Å². The minimum absolute atomic E-state index is 0.0535. The fraction of sp³-hybridized carbons (Fsp3) is 0.240. The molecule has 0 fully saturated rings. The Labute approximate surface area is 208 Å². The predicted octanol–water partition coefficient (Wildman–Crippen LogP) is 2.86. The number of carbonyl (C=O) groups is 1. The van der Waals surface area contributed by atoms with Crippen LogP contribution in [0.25, 0.3) is 0 Å². The molecule has 0 radical (unpaired) electrons. The fourth-order valence-corrected chi connectivity index (χ4v) is 4.86. The minimum atomic E-state index is -3.77. The molecule has 3 aromatic carbocycles. The highest BCUT2D eigenvalue weighted by Gasteiger charge is 2.19. The van der Waals surface area contributed by atoms with Gasteiger partial charge in [-0.1, -0.05) is 35.9 Å². The molecule has 0 spiro atoms. The van der Waals surface area contributed by atoms with Crippen molar-refractivity contribution in [3.05, 3.63) is 88.9 Å². The van der Waals surface area contributed by atoms with E-state index in [2.05, 4.69) is 5.32 Å². The second kappa shape index (κ2) is 12.1. The zero-order valence-corrected chi connectivity index (χ0v) is 20.2. The van der Waals surface area contributed by atoms with Gasteiger partial charge in [-0.05, 0) is 66.1 Å². The minimum Gasteiger partial charge on any atom is -0.482 e. The van der Waals surface area contributed by atoms with Gasteiger partial charge in [-0.15, -0.1) is 0 Å². The first kappa shape index (κ1) is 26.7. The Hall–Kier alpha value is -2.95. The average Bonchev–Trinajstić information content (AvgIpc) is 2.85. The van der Waals surface area contributed by atoms with Crippen LogP contribution in [0.3, 0.4) is 0 Å². The van der Waals surface area contributed by atoms with Gasteiger partial charge in [0, 0.05) is 17.6 Å². The van der Waals surface area contributed by atoms with Crippen molar-refractivity contribution in [2.75, 3.05) is 19.8 Å². The van der Waals surface area contributed by atoms with Gasteiger partial charge in [0.05, 0.1) is 22.5 Å². The van der Waals surface area contributed by atoms with Crippen molar-refractivity contribution in [2.24, 2.45) is 0 Å². The maximum absolute atomic E-state index is 12.9. The monoisotopic (exact) mass is 519 g/mol. The van der Waals surface area contributed by atoms with Crippen molar-refractivity contribution < 1.29 is 33.3 Å². The molecule has 0 aromatic heterocycles. The third-order valence-electron chi connectivity index (χ3n) is 5.27. The van der Waals surface area contributed by atoms with Gasteiger partial charge in [0.1, 0.15) is 5.75 Å². The van der Waals surface area contributed by atoms with Crippen LogP contribution in [0.15, 0.2) is 82.6 Å². The summed E-state index contributed by atoms with van der Waals surface area (Å²) in [5, 5.41) is 32.4. The Bertz CT molecular complexity index is 1230. The lowest BCUT2D eigenvalue weighted by Crippen LogP contribution is -2.37. The quantitative estimate of drug-likeness (QED) is 0.287. The molecule has 10 heteroatoms. The molecule has 0 heterocycles. The molecule has 8 nitrogen and oxygen atoms in total. The zero-order chi connectivity index (χ0) is 25.4. The van der Waals surface area contributed by atoms with Gasteiger partial charge >= 0.3 is 5.97 Å². The van der Waals surface area contributed by atoms with E-state index in [9.17, 15) is 23.4 Å². The van der Waals surface area contributed by atoms with E-state index in [-0.39, 0.29) is 34.7 Å². The summed E-state index contributed by atoms with van der Waals surface area (Å²) in [6, 6.07) is 18.4.